The van der Waals surface area contributed by atoms with E-state index in [4.69, 9.17) is 9.47 Å². The lowest BCUT2D eigenvalue weighted by molar-refractivity contribution is -0.0106. The van der Waals surface area contributed by atoms with Crippen LogP contribution in [0.4, 0.5) is 9.18 Å². The Hall–Kier alpha value is -3.14. The van der Waals surface area contributed by atoms with Crippen molar-refractivity contribution in [3.63, 3.8) is 0 Å². The Morgan fingerprint density at radius 2 is 1.94 bits per heavy atom. The Morgan fingerprint density at radius 3 is 2.56 bits per heavy atom. The van der Waals surface area contributed by atoms with Gasteiger partial charge in [-0.2, -0.15) is 0 Å². The summed E-state index contributed by atoms with van der Waals surface area (Å²) >= 11 is 0. The summed E-state index contributed by atoms with van der Waals surface area (Å²) in [4.78, 5) is 18.2. The molecule has 8 nitrogen and oxygen atoms in total. The predicted molar refractivity (Wildman–Crippen MR) is 126 cm³/mol. The number of sulfone groups is 1. The minimum absolute atomic E-state index is 0.0874. The first-order valence-electron chi connectivity index (χ1n) is 11.0. The fourth-order valence-electron chi connectivity index (χ4n) is 3.82. The van der Waals surface area contributed by atoms with Gasteiger partial charge < -0.3 is 18.9 Å². The number of aromatic nitrogens is 2. The Morgan fingerprint density at radius 1 is 1.18 bits per heavy atom. The molecule has 1 aliphatic rings. The van der Waals surface area contributed by atoms with Crippen LogP contribution < -0.4 is 4.74 Å². The third-order valence-corrected chi connectivity index (χ3v) is 6.59. The van der Waals surface area contributed by atoms with Crippen LogP contribution in [0, 0.1) is 0 Å². The summed E-state index contributed by atoms with van der Waals surface area (Å²) in [6.07, 6.45) is 2.29. The number of fused-ring (bicyclic) bond motifs is 1. The first-order valence-corrected chi connectivity index (χ1v) is 12.9. The highest BCUT2D eigenvalue weighted by molar-refractivity contribution is 7.90. The molecule has 1 saturated heterocycles. The van der Waals surface area contributed by atoms with Crippen LogP contribution in [0.3, 0.4) is 0 Å². The quantitative estimate of drug-likeness (QED) is 0.547. The fourth-order valence-corrected chi connectivity index (χ4v) is 4.48. The van der Waals surface area contributed by atoms with E-state index in [0.717, 1.165) is 10.9 Å². The van der Waals surface area contributed by atoms with Gasteiger partial charge in [-0.3, -0.25) is 0 Å². The number of carbonyl (C=O) groups excluding carboxylic acids is 1. The molecule has 0 aliphatic carbocycles. The third-order valence-electron chi connectivity index (χ3n) is 5.48. The molecule has 1 amide bonds. The molecule has 3 aromatic rings. The lowest BCUT2D eigenvalue weighted by atomic mass is 10.1. The van der Waals surface area contributed by atoms with Gasteiger partial charge >= 0.3 is 6.09 Å². The van der Waals surface area contributed by atoms with Crippen molar-refractivity contribution in [1.29, 1.82) is 0 Å². The number of ether oxygens (including phenoxy) is 2. The maximum absolute atomic E-state index is 14.7. The highest BCUT2D eigenvalue weighted by Gasteiger charge is 2.35. The molecule has 0 bridgehead atoms. The van der Waals surface area contributed by atoms with Crippen molar-refractivity contribution in [2.24, 2.45) is 0 Å². The Balaban J connectivity index is 1.42. The van der Waals surface area contributed by atoms with Gasteiger partial charge in [-0.15, -0.1) is 0 Å². The van der Waals surface area contributed by atoms with Gasteiger partial charge in [0.1, 0.15) is 23.3 Å². The van der Waals surface area contributed by atoms with Gasteiger partial charge in [0, 0.05) is 30.8 Å². The summed E-state index contributed by atoms with van der Waals surface area (Å²) in [7, 11) is -3.29. The molecule has 1 aliphatic heterocycles. The molecule has 2 aromatic heterocycles. The predicted octanol–water partition coefficient (Wildman–Crippen LogP) is 4.16. The third kappa shape index (κ3) is 5.32. The number of likely N-dealkylation sites (tertiary alicyclic amines) is 1. The van der Waals surface area contributed by atoms with E-state index in [9.17, 15) is 17.6 Å². The molecule has 3 heterocycles. The van der Waals surface area contributed by atoms with Crippen molar-refractivity contribution in [3.05, 3.63) is 48.8 Å². The number of piperidine rings is 1. The average Bonchev–Trinajstić information content (AvgIpc) is 3.17. The van der Waals surface area contributed by atoms with E-state index < -0.39 is 33.8 Å². The maximum atomic E-state index is 14.7. The summed E-state index contributed by atoms with van der Waals surface area (Å²) < 4.78 is 51.3. The second-order valence-corrected chi connectivity index (χ2v) is 11.4. The standard InChI is InChI=1S/C24H28FN3O5S/c1-24(2,3)33-23(29)27-11-10-21(19(25)15-27)32-17-5-8-22(26-14-17)28-12-9-16-13-18(34(4,30)31)6-7-20(16)28/h5-9,12-14,19,21H,10-11,15H2,1-4H3. The second-order valence-electron chi connectivity index (χ2n) is 9.42. The SMILES string of the molecule is CC(C)(C)OC(=O)N1CCC(Oc2ccc(-n3ccc4cc(S(C)(=O)=O)ccc43)nc2)C(F)C1. The Labute approximate surface area is 198 Å². The molecule has 10 heteroatoms. The number of rotatable bonds is 4. The van der Waals surface area contributed by atoms with Crippen LogP contribution in [-0.2, 0) is 14.6 Å². The first kappa shape index (κ1) is 24.0. The number of benzene rings is 1. The molecule has 4 rings (SSSR count). The van der Waals surface area contributed by atoms with Crippen molar-refractivity contribution < 1.29 is 27.1 Å². The number of carbonyl (C=O) groups is 1. The van der Waals surface area contributed by atoms with Gasteiger partial charge in [-0.25, -0.2) is 22.6 Å². The van der Waals surface area contributed by atoms with Crippen LogP contribution in [0.1, 0.15) is 27.2 Å². The Kier molecular flexibility index (Phi) is 6.28. The summed E-state index contributed by atoms with van der Waals surface area (Å²) in [6, 6.07) is 10.2. The highest BCUT2D eigenvalue weighted by atomic mass is 32.2. The van der Waals surface area contributed by atoms with Crippen LogP contribution in [0.5, 0.6) is 5.75 Å². The molecule has 0 N–H and O–H groups in total. The molecule has 1 aromatic carbocycles. The number of nitrogens with zero attached hydrogens (tertiary/aromatic N) is 3. The van der Waals surface area contributed by atoms with Crippen molar-refractivity contribution in [3.8, 4) is 11.6 Å². The van der Waals surface area contributed by atoms with E-state index >= 15 is 0 Å². The normalized spacial score (nSPS) is 19.3. The van der Waals surface area contributed by atoms with Gasteiger partial charge in [0.2, 0.25) is 0 Å². The summed E-state index contributed by atoms with van der Waals surface area (Å²) in [5.74, 6) is 1.05. The van der Waals surface area contributed by atoms with E-state index in [1.54, 1.807) is 51.1 Å². The molecule has 1 fully saturated rings. The lowest BCUT2D eigenvalue weighted by Gasteiger charge is -2.35. The van der Waals surface area contributed by atoms with E-state index in [2.05, 4.69) is 4.98 Å². The zero-order chi connectivity index (χ0) is 24.7. The molecule has 0 saturated carbocycles. The van der Waals surface area contributed by atoms with Crippen molar-refractivity contribution in [2.75, 3.05) is 19.3 Å². The zero-order valence-corrected chi connectivity index (χ0v) is 20.4. The largest absolute Gasteiger partial charge is 0.486 e. The number of hydrogen-bond donors (Lipinski definition) is 0. The average molecular weight is 490 g/mol. The van der Waals surface area contributed by atoms with Crippen LogP contribution in [0.25, 0.3) is 16.7 Å². The van der Waals surface area contributed by atoms with Crippen molar-refractivity contribution in [1.82, 2.24) is 14.5 Å². The topological polar surface area (TPSA) is 90.7 Å². The lowest BCUT2D eigenvalue weighted by Crippen LogP contribution is -2.50. The molecule has 182 valence electrons. The number of hydrogen-bond acceptors (Lipinski definition) is 6. The van der Waals surface area contributed by atoms with Crippen LogP contribution in [0.15, 0.2) is 53.7 Å². The van der Waals surface area contributed by atoms with E-state index in [0.29, 0.717) is 24.5 Å². The first-order chi connectivity index (χ1) is 15.9. The van der Waals surface area contributed by atoms with Crippen LogP contribution in [-0.4, -0.2) is 66.2 Å². The van der Waals surface area contributed by atoms with E-state index in [1.165, 1.54) is 17.4 Å². The molecule has 2 atom stereocenters. The smallest absolute Gasteiger partial charge is 0.410 e. The Bertz CT molecular complexity index is 1300. The number of halogens is 1. The molecular formula is C24H28FN3O5S. The molecule has 0 spiro atoms. The van der Waals surface area contributed by atoms with Gasteiger partial charge in [0.05, 0.1) is 23.2 Å². The summed E-state index contributed by atoms with van der Waals surface area (Å²) in [6.45, 7) is 5.57. The van der Waals surface area contributed by atoms with Crippen molar-refractivity contribution in [2.45, 2.75) is 50.0 Å². The fraction of sp³-hybridized carbons (Fsp3) is 0.417. The van der Waals surface area contributed by atoms with Gasteiger partial charge in [0.15, 0.2) is 16.0 Å². The van der Waals surface area contributed by atoms with Crippen LogP contribution in [0.2, 0.25) is 0 Å². The molecule has 0 radical (unpaired) electrons. The molecular weight excluding hydrogens is 461 g/mol. The number of pyridine rings is 1. The van der Waals surface area contributed by atoms with Gasteiger partial charge in [-0.1, -0.05) is 0 Å². The van der Waals surface area contributed by atoms with Crippen LogP contribution >= 0.6 is 0 Å². The summed E-state index contributed by atoms with van der Waals surface area (Å²) in [5, 5.41) is 0.780. The molecule has 2 unspecified atom stereocenters. The second kappa shape index (κ2) is 8.90. The monoisotopic (exact) mass is 489 g/mol. The number of amides is 1. The maximum Gasteiger partial charge on any atom is 0.410 e. The van der Waals surface area contributed by atoms with Crippen molar-refractivity contribution >= 4 is 26.8 Å². The van der Waals surface area contributed by atoms with Gasteiger partial charge in [0.25, 0.3) is 0 Å². The highest BCUT2D eigenvalue weighted by Crippen LogP contribution is 2.26. The summed E-state index contributed by atoms with van der Waals surface area (Å²) in [5.41, 5.74) is 0.178. The molecule has 34 heavy (non-hydrogen) atoms. The van der Waals surface area contributed by atoms with E-state index in [1.807, 2.05) is 16.8 Å². The minimum Gasteiger partial charge on any atom is -0.486 e. The minimum atomic E-state index is -3.29. The van der Waals surface area contributed by atoms with E-state index in [-0.39, 0.29) is 11.4 Å². The number of alkyl halides is 1. The van der Waals surface area contributed by atoms with Gasteiger partial charge in [-0.05, 0) is 57.2 Å². The zero-order valence-electron chi connectivity index (χ0n) is 19.6.